The third kappa shape index (κ3) is 4.12. The Balaban J connectivity index is 2.30. The number of aliphatic carboxylic acids is 2. The van der Waals surface area contributed by atoms with E-state index in [1.807, 2.05) is 4.90 Å². The van der Waals surface area contributed by atoms with Gasteiger partial charge < -0.3 is 10.2 Å². The summed E-state index contributed by atoms with van der Waals surface area (Å²) in [6.45, 7) is 1.89. The van der Waals surface area contributed by atoms with Crippen molar-refractivity contribution in [3.63, 3.8) is 0 Å². The van der Waals surface area contributed by atoms with E-state index < -0.39 is 11.9 Å². The van der Waals surface area contributed by atoms with Crippen molar-refractivity contribution in [1.29, 1.82) is 0 Å². The monoisotopic (exact) mass is 213 g/mol. The molecule has 1 aliphatic heterocycles. The van der Waals surface area contributed by atoms with Crippen LogP contribution in [0.25, 0.3) is 0 Å². The number of carboxylic acid groups (broad SMARTS) is 2. The summed E-state index contributed by atoms with van der Waals surface area (Å²) < 4.78 is 0. The largest absolute Gasteiger partial charge is 0.481 e. The lowest BCUT2D eigenvalue weighted by atomic mass is 10.1. The van der Waals surface area contributed by atoms with Gasteiger partial charge in [0.1, 0.15) is 0 Å². The zero-order valence-corrected chi connectivity index (χ0v) is 8.48. The topological polar surface area (TPSA) is 77.8 Å². The normalized spacial score (nSPS) is 17.2. The second-order valence-electron chi connectivity index (χ2n) is 3.60. The highest BCUT2D eigenvalue weighted by molar-refractivity contribution is 5.87. The van der Waals surface area contributed by atoms with E-state index >= 15 is 0 Å². The molecule has 1 heterocycles. The van der Waals surface area contributed by atoms with E-state index in [0.717, 1.165) is 13.0 Å². The number of hydrogen-bond acceptors (Lipinski definition) is 3. The van der Waals surface area contributed by atoms with E-state index in [-0.39, 0.29) is 6.42 Å². The van der Waals surface area contributed by atoms with Crippen LogP contribution >= 0.6 is 0 Å². The third-order valence-electron chi connectivity index (χ3n) is 2.37. The lowest BCUT2D eigenvalue weighted by molar-refractivity contribution is -0.137. The SMILES string of the molecule is O=C(O)CCCN1CCC=C(C(=O)O)C1. The Labute approximate surface area is 88.0 Å². The van der Waals surface area contributed by atoms with E-state index in [2.05, 4.69) is 0 Å². The maximum Gasteiger partial charge on any atom is 0.332 e. The maximum atomic E-state index is 10.7. The Kier molecular flexibility index (Phi) is 4.30. The van der Waals surface area contributed by atoms with E-state index in [0.29, 0.717) is 25.1 Å². The van der Waals surface area contributed by atoms with Crippen molar-refractivity contribution >= 4 is 11.9 Å². The Morgan fingerprint density at radius 2 is 2.13 bits per heavy atom. The molecule has 1 aliphatic rings. The molecule has 0 saturated carbocycles. The van der Waals surface area contributed by atoms with Gasteiger partial charge in [0, 0.05) is 25.1 Å². The van der Waals surface area contributed by atoms with E-state index in [1.54, 1.807) is 6.08 Å². The van der Waals surface area contributed by atoms with Crippen molar-refractivity contribution in [3.8, 4) is 0 Å². The summed E-state index contributed by atoms with van der Waals surface area (Å²) in [5, 5.41) is 17.2. The van der Waals surface area contributed by atoms with E-state index in [1.165, 1.54) is 0 Å². The average molecular weight is 213 g/mol. The van der Waals surface area contributed by atoms with Crippen molar-refractivity contribution in [2.45, 2.75) is 19.3 Å². The molecule has 0 saturated heterocycles. The standard InChI is InChI=1S/C10H15NO4/c12-9(13)4-2-6-11-5-1-3-8(7-11)10(14)15/h3H,1-2,4-7H2,(H,12,13)(H,14,15). The van der Waals surface area contributed by atoms with Gasteiger partial charge in [-0.25, -0.2) is 4.79 Å². The zero-order valence-electron chi connectivity index (χ0n) is 8.48. The smallest absolute Gasteiger partial charge is 0.332 e. The molecule has 0 aliphatic carbocycles. The molecule has 0 aromatic heterocycles. The summed E-state index contributed by atoms with van der Waals surface area (Å²) in [4.78, 5) is 23.0. The summed E-state index contributed by atoms with van der Waals surface area (Å²) in [5.41, 5.74) is 0.413. The first-order chi connectivity index (χ1) is 7.09. The highest BCUT2D eigenvalue weighted by Gasteiger charge is 2.16. The van der Waals surface area contributed by atoms with Crippen molar-refractivity contribution in [2.24, 2.45) is 0 Å². The minimum absolute atomic E-state index is 0.141. The van der Waals surface area contributed by atoms with E-state index in [4.69, 9.17) is 10.2 Å². The van der Waals surface area contributed by atoms with Gasteiger partial charge in [-0.05, 0) is 19.4 Å². The molecule has 0 radical (unpaired) electrons. The predicted octanol–water partition coefficient (Wildman–Crippen LogP) is 0.568. The van der Waals surface area contributed by atoms with Crippen molar-refractivity contribution in [1.82, 2.24) is 4.90 Å². The molecule has 0 atom stereocenters. The van der Waals surface area contributed by atoms with Gasteiger partial charge in [-0.1, -0.05) is 6.08 Å². The molecule has 2 N–H and O–H groups in total. The molecule has 0 fully saturated rings. The van der Waals surface area contributed by atoms with Crippen LogP contribution in [-0.4, -0.2) is 46.7 Å². The molecule has 0 aromatic carbocycles. The van der Waals surface area contributed by atoms with Gasteiger partial charge in [0.2, 0.25) is 0 Å². The van der Waals surface area contributed by atoms with Crippen LogP contribution in [0.1, 0.15) is 19.3 Å². The van der Waals surface area contributed by atoms with Crippen molar-refractivity contribution in [2.75, 3.05) is 19.6 Å². The Bertz CT molecular complexity index is 285. The molecule has 84 valence electrons. The van der Waals surface area contributed by atoms with E-state index in [9.17, 15) is 9.59 Å². The molecule has 0 unspecified atom stereocenters. The van der Waals surface area contributed by atoms with Gasteiger partial charge in [0.25, 0.3) is 0 Å². The summed E-state index contributed by atoms with van der Waals surface area (Å²) in [5.74, 6) is -1.68. The lowest BCUT2D eigenvalue weighted by Gasteiger charge is -2.25. The Hall–Kier alpha value is -1.36. The van der Waals surface area contributed by atoms with Gasteiger partial charge >= 0.3 is 11.9 Å². The summed E-state index contributed by atoms with van der Waals surface area (Å²) in [6.07, 6.45) is 3.18. The molecular formula is C10H15NO4. The molecule has 0 aromatic rings. The van der Waals surface area contributed by atoms with Crippen molar-refractivity contribution < 1.29 is 19.8 Å². The van der Waals surface area contributed by atoms with Gasteiger partial charge in [-0.15, -0.1) is 0 Å². The van der Waals surface area contributed by atoms with Crippen LogP contribution in [0, 0.1) is 0 Å². The second kappa shape index (κ2) is 5.50. The van der Waals surface area contributed by atoms with Gasteiger partial charge in [-0.3, -0.25) is 9.69 Å². The lowest BCUT2D eigenvalue weighted by Crippen LogP contribution is -2.33. The minimum Gasteiger partial charge on any atom is -0.481 e. The Morgan fingerprint density at radius 3 is 2.73 bits per heavy atom. The number of carboxylic acids is 2. The van der Waals surface area contributed by atoms with Crippen molar-refractivity contribution in [3.05, 3.63) is 11.6 Å². The van der Waals surface area contributed by atoms with Crippen LogP contribution in [0.5, 0.6) is 0 Å². The number of rotatable bonds is 5. The van der Waals surface area contributed by atoms with Crippen LogP contribution in [0.4, 0.5) is 0 Å². The first-order valence-corrected chi connectivity index (χ1v) is 4.96. The molecule has 1 rings (SSSR count). The maximum absolute atomic E-state index is 10.7. The van der Waals surface area contributed by atoms with Crippen LogP contribution < -0.4 is 0 Å². The fourth-order valence-corrected chi connectivity index (χ4v) is 1.61. The van der Waals surface area contributed by atoms with Crippen LogP contribution in [0.2, 0.25) is 0 Å². The fraction of sp³-hybridized carbons (Fsp3) is 0.600. The summed E-state index contributed by atoms with van der Waals surface area (Å²) >= 11 is 0. The molecule has 0 amide bonds. The Morgan fingerprint density at radius 1 is 1.40 bits per heavy atom. The first kappa shape index (κ1) is 11.7. The zero-order chi connectivity index (χ0) is 11.3. The molecule has 0 spiro atoms. The van der Waals surface area contributed by atoms with Gasteiger partial charge in [0.15, 0.2) is 0 Å². The highest BCUT2D eigenvalue weighted by Crippen LogP contribution is 2.10. The summed E-state index contributed by atoms with van der Waals surface area (Å²) in [6, 6.07) is 0. The first-order valence-electron chi connectivity index (χ1n) is 4.96. The van der Waals surface area contributed by atoms with Crippen LogP contribution in [0.3, 0.4) is 0 Å². The number of carbonyl (C=O) groups is 2. The molecule has 5 nitrogen and oxygen atoms in total. The predicted molar refractivity (Wildman–Crippen MR) is 53.6 cm³/mol. The number of nitrogens with zero attached hydrogens (tertiary/aromatic N) is 1. The van der Waals surface area contributed by atoms with Crippen LogP contribution in [-0.2, 0) is 9.59 Å². The quantitative estimate of drug-likeness (QED) is 0.698. The van der Waals surface area contributed by atoms with Gasteiger partial charge in [-0.2, -0.15) is 0 Å². The second-order valence-corrected chi connectivity index (χ2v) is 3.60. The van der Waals surface area contributed by atoms with Gasteiger partial charge in [0.05, 0.1) is 0 Å². The average Bonchev–Trinajstić information content (AvgIpc) is 2.17. The third-order valence-corrected chi connectivity index (χ3v) is 2.37. The van der Waals surface area contributed by atoms with Crippen LogP contribution in [0.15, 0.2) is 11.6 Å². The molecule has 15 heavy (non-hydrogen) atoms. The summed E-state index contributed by atoms with van der Waals surface area (Å²) in [7, 11) is 0. The fourth-order valence-electron chi connectivity index (χ4n) is 1.61. The minimum atomic E-state index is -0.877. The number of hydrogen-bond donors (Lipinski definition) is 2. The molecule has 0 bridgehead atoms. The highest BCUT2D eigenvalue weighted by atomic mass is 16.4. The molecular weight excluding hydrogens is 198 g/mol. The molecule has 5 heteroatoms.